The number of carbonyl (C=O) groups is 1. The van der Waals surface area contributed by atoms with E-state index in [2.05, 4.69) is 5.32 Å². The number of hydrogen-bond donors (Lipinski definition) is 2. The van der Waals surface area contributed by atoms with E-state index in [1.54, 1.807) is 12.1 Å². The molecule has 1 aromatic rings. The number of carboxylic acid groups (broad SMARTS) is 1. The molecule has 0 aliphatic carbocycles. The molecule has 1 fully saturated rings. The number of aliphatic carboxylic acids is 1. The molecule has 1 saturated heterocycles. The molecular weight excluding hydrogens is 235 g/mol. The monoisotopic (exact) mass is 252 g/mol. The lowest BCUT2D eigenvalue weighted by Crippen LogP contribution is -2.68. The minimum absolute atomic E-state index is 0.123. The van der Waals surface area contributed by atoms with Crippen molar-refractivity contribution >= 4 is 5.97 Å². The van der Waals surface area contributed by atoms with Crippen LogP contribution in [-0.2, 0) is 11.3 Å². The molecular formula is C13H17FN2O2. The van der Waals surface area contributed by atoms with Crippen LogP contribution >= 0.6 is 0 Å². The molecule has 0 saturated carbocycles. The van der Waals surface area contributed by atoms with Crippen LogP contribution in [0, 0.1) is 5.82 Å². The van der Waals surface area contributed by atoms with Gasteiger partial charge in [0, 0.05) is 19.6 Å². The predicted octanol–water partition coefficient (Wildman–Crippen LogP) is 1.07. The van der Waals surface area contributed by atoms with Gasteiger partial charge < -0.3 is 10.4 Å². The fourth-order valence-corrected chi connectivity index (χ4v) is 2.26. The van der Waals surface area contributed by atoms with Crippen LogP contribution in [0.1, 0.15) is 12.0 Å². The molecule has 0 bridgehead atoms. The Morgan fingerprint density at radius 3 is 2.50 bits per heavy atom. The van der Waals surface area contributed by atoms with E-state index in [4.69, 9.17) is 5.11 Å². The molecule has 0 atom stereocenters. The zero-order valence-corrected chi connectivity index (χ0v) is 10.3. The summed E-state index contributed by atoms with van der Waals surface area (Å²) >= 11 is 0. The van der Waals surface area contributed by atoms with E-state index in [0.29, 0.717) is 19.6 Å². The highest BCUT2D eigenvalue weighted by molar-refractivity contribution is 5.68. The van der Waals surface area contributed by atoms with Gasteiger partial charge in [-0.3, -0.25) is 9.69 Å². The average molecular weight is 252 g/mol. The maximum Gasteiger partial charge on any atom is 0.305 e. The van der Waals surface area contributed by atoms with Crippen molar-refractivity contribution in [2.75, 3.05) is 20.1 Å². The topological polar surface area (TPSA) is 52.6 Å². The molecule has 18 heavy (non-hydrogen) atoms. The summed E-state index contributed by atoms with van der Waals surface area (Å²) in [4.78, 5) is 12.9. The summed E-state index contributed by atoms with van der Waals surface area (Å²) in [5, 5.41) is 12.1. The second-order valence-electron chi connectivity index (χ2n) is 4.88. The first-order valence-electron chi connectivity index (χ1n) is 5.90. The van der Waals surface area contributed by atoms with Crippen LogP contribution in [0.4, 0.5) is 4.39 Å². The first-order chi connectivity index (χ1) is 8.52. The summed E-state index contributed by atoms with van der Waals surface area (Å²) in [5.74, 6) is -1.05. The quantitative estimate of drug-likeness (QED) is 0.823. The summed E-state index contributed by atoms with van der Waals surface area (Å²) in [6.45, 7) is 1.98. The second-order valence-corrected chi connectivity index (χ2v) is 4.88. The Hall–Kier alpha value is -1.46. The van der Waals surface area contributed by atoms with Gasteiger partial charge in [0.25, 0.3) is 0 Å². The smallest absolute Gasteiger partial charge is 0.305 e. The van der Waals surface area contributed by atoms with Gasteiger partial charge in [-0.1, -0.05) is 12.1 Å². The van der Waals surface area contributed by atoms with E-state index in [0.717, 1.165) is 5.56 Å². The van der Waals surface area contributed by atoms with Gasteiger partial charge in [-0.05, 0) is 24.7 Å². The van der Waals surface area contributed by atoms with Gasteiger partial charge in [0.2, 0.25) is 0 Å². The Morgan fingerprint density at radius 1 is 1.44 bits per heavy atom. The summed E-state index contributed by atoms with van der Waals surface area (Å²) in [5.41, 5.74) is 0.663. The lowest BCUT2D eigenvalue weighted by molar-refractivity contribution is -0.141. The first-order valence-corrected chi connectivity index (χ1v) is 5.90. The van der Waals surface area contributed by atoms with E-state index in [9.17, 15) is 9.18 Å². The van der Waals surface area contributed by atoms with Crippen LogP contribution in [0.2, 0.25) is 0 Å². The largest absolute Gasteiger partial charge is 0.481 e. The van der Waals surface area contributed by atoms with Crippen molar-refractivity contribution in [2.24, 2.45) is 0 Å². The Morgan fingerprint density at radius 2 is 2.06 bits per heavy atom. The van der Waals surface area contributed by atoms with E-state index >= 15 is 0 Å². The van der Waals surface area contributed by atoms with Crippen molar-refractivity contribution in [3.8, 4) is 0 Å². The fraction of sp³-hybridized carbons (Fsp3) is 0.462. The number of rotatable bonds is 5. The Bertz CT molecular complexity index is 429. The molecule has 1 aliphatic rings. The third kappa shape index (κ3) is 2.68. The Balaban J connectivity index is 2.03. The molecule has 98 valence electrons. The molecule has 1 heterocycles. The van der Waals surface area contributed by atoms with Crippen molar-refractivity contribution in [1.29, 1.82) is 0 Å². The maximum atomic E-state index is 12.8. The highest BCUT2D eigenvalue weighted by Crippen LogP contribution is 2.25. The SMILES string of the molecule is CN(Cc1ccc(F)cc1)C1(CC(=O)O)CNC1. The summed E-state index contributed by atoms with van der Waals surface area (Å²) in [6, 6.07) is 6.30. The third-order valence-electron chi connectivity index (χ3n) is 3.53. The number of carboxylic acids is 1. The van der Waals surface area contributed by atoms with Crippen LogP contribution in [0.3, 0.4) is 0 Å². The van der Waals surface area contributed by atoms with Crippen LogP contribution in [-0.4, -0.2) is 41.7 Å². The minimum atomic E-state index is -0.789. The minimum Gasteiger partial charge on any atom is -0.481 e. The van der Waals surface area contributed by atoms with Crippen LogP contribution in [0.15, 0.2) is 24.3 Å². The van der Waals surface area contributed by atoms with E-state index in [1.165, 1.54) is 12.1 Å². The van der Waals surface area contributed by atoms with Crippen molar-refractivity contribution in [3.63, 3.8) is 0 Å². The van der Waals surface area contributed by atoms with Crippen LogP contribution in [0.25, 0.3) is 0 Å². The van der Waals surface area contributed by atoms with Crippen LogP contribution in [0.5, 0.6) is 0 Å². The van der Waals surface area contributed by atoms with Crippen molar-refractivity contribution in [3.05, 3.63) is 35.6 Å². The lowest BCUT2D eigenvalue weighted by Gasteiger charge is -2.48. The van der Waals surface area contributed by atoms with Crippen LogP contribution < -0.4 is 5.32 Å². The van der Waals surface area contributed by atoms with Gasteiger partial charge in [-0.2, -0.15) is 0 Å². The molecule has 0 aromatic heterocycles. The highest BCUT2D eigenvalue weighted by Gasteiger charge is 2.42. The number of hydrogen-bond acceptors (Lipinski definition) is 3. The van der Waals surface area contributed by atoms with Crippen molar-refractivity contribution in [1.82, 2.24) is 10.2 Å². The van der Waals surface area contributed by atoms with Gasteiger partial charge in [0.05, 0.1) is 12.0 Å². The summed E-state index contributed by atoms with van der Waals surface area (Å²) in [7, 11) is 1.91. The molecule has 0 amide bonds. The van der Waals surface area contributed by atoms with Crippen molar-refractivity contribution < 1.29 is 14.3 Å². The molecule has 1 aliphatic heterocycles. The van der Waals surface area contributed by atoms with E-state index in [-0.39, 0.29) is 17.8 Å². The van der Waals surface area contributed by atoms with Gasteiger partial charge in [0.15, 0.2) is 0 Å². The molecule has 5 heteroatoms. The van der Waals surface area contributed by atoms with Crippen molar-refractivity contribution in [2.45, 2.75) is 18.5 Å². The molecule has 0 radical (unpaired) electrons. The lowest BCUT2D eigenvalue weighted by atomic mass is 9.86. The number of halogens is 1. The number of benzene rings is 1. The van der Waals surface area contributed by atoms with Gasteiger partial charge in [-0.25, -0.2) is 4.39 Å². The zero-order chi connectivity index (χ0) is 13.2. The van der Waals surface area contributed by atoms with E-state index in [1.807, 2.05) is 11.9 Å². The Labute approximate surface area is 105 Å². The molecule has 0 spiro atoms. The summed E-state index contributed by atoms with van der Waals surface area (Å²) < 4.78 is 12.8. The normalized spacial score (nSPS) is 17.5. The first kappa shape index (κ1) is 13.0. The molecule has 0 unspecified atom stereocenters. The standard InChI is InChI=1S/C13H17FN2O2/c1-16(7-10-2-4-11(14)5-3-10)13(6-12(17)18)8-15-9-13/h2-5,15H,6-9H2,1H3,(H,17,18). The molecule has 4 nitrogen and oxygen atoms in total. The number of nitrogens with one attached hydrogen (secondary N) is 1. The predicted molar refractivity (Wildman–Crippen MR) is 65.7 cm³/mol. The Kier molecular flexibility index (Phi) is 3.63. The zero-order valence-electron chi connectivity index (χ0n) is 10.3. The molecule has 2 N–H and O–H groups in total. The van der Waals surface area contributed by atoms with Gasteiger partial charge >= 0.3 is 5.97 Å². The average Bonchev–Trinajstić information content (AvgIpc) is 2.26. The second kappa shape index (κ2) is 5.04. The van der Waals surface area contributed by atoms with Gasteiger partial charge in [-0.15, -0.1) is 0 Å². The third-order valence-corrected chi connectivity index (χ3v) is 3.53. The fourth-order valence-electron chi connectivity index (χ4n) is 2.26. The van der Waals surface area contributed by atoms with E-state index < -0.39 is 5.97 Å². The summed E-state index contributed by atoms with van der Waals surface area (Å²) in [6.07, 6.45) is 0.123. The molecule has 2 rings (SSSR count). The maximum absolute atomic E-state index is 12.8. The highest BCUT2D eigenvalue weighted by atomic mass is 19.1. The van der Waals surface area contributed by atoms with Gasteiger partial charge in [0.1, 0.15) is 5.82 Å². The number of likely N-dealkylation sites (N-methyl/N-ethyl adjacent to an activating group) is 1. The number of nitrogens with zero attached hydrogens (tertiary/aromatic N) is 1. The molecule has 1 aromatic carbocycles.